The maximum atomic E-state index is 11.3. The summed E-state index contributed by atoms with van der Waals surface area (Å²) in [7, 11) is 0. The van der Waals surface area contributed by atoms with Gasteiger partial charge in [-0.3, -0.25) is 0 Å². The van der Waals surface area contributed by atoms with Crippen LogP contribution >= 0.6 is 0 Å². The van der Waals surface area contributed by atoms with Gasteiger partial charge in [0.25, 0.3) is 0 Å². The van der Waals surface area contributed by atoms with E-state index in [0.717, 1.165) is 5.56 Å². The lowest BCUT2D eigenvalue weighted by Crippen LogP contribution is -2.32. The molecule has 0 fully saturated rings. The van der Waals surface area contributed by atoms with E-state index in [1.807, 2.05) is 27.7 Å². The van der Waals surface area contributed by atoms with Crippen LogP contribution in [-0.4, -0.2) is 21.7 Å². The first-order chi connectivity index (χ1) is 7.37. The Kier molecular flexibility index (Phi) is 3.82. The Labute approximate surface area is 95.3 Å². The Balaban J connectivity index is 2.40. The molecule has 1 heterocycles. The van der Waals surface area contributed by atoms with Gasteiger partial charge in [0.2, 0.25) is 0 Å². The van der Waals surface area contributed by atoms with E-state index >= 15 is 0 Å². The van der Waals surface area contributed by atoms with Gasteiger partial charge in [0.15, 0.2) is 0 Å². The molecule has 0 aliphatic carbocycles. The number of ether oxygens (including phenoxy) is 1. The second kappa shape index (κ2) is 4.92. The molecule has 0 radical (unpaired) electrons. The lowest BCUT2D eigenvalue weighted by molar-refractivity contribution is 0.0522. The van der Waals surface area contributed by atoms with Crippen LogP contribution in [0.4, 0.5) is 4.79 Å². The Morgan fingerprint density at radius 1 is 1.38 bits per heavy atom. The van der Waals surface area contributed by atoms with Crippen LogP contribution in [0.1, 0.15) is 32.2 Å². The van der Waals surface area contributed by atoms with Crippen molar-refractivity contribution in [2.45, 2.75) is 39.8 Å². The van der Waals surface area contributed by atoms with Crippen LogP contribution in [0.15, 0.2) is 12.4 Å². The standard InChI is InChI=1S/C11H17N3O2/c1-8-5-12-9(13-6-8)7-14-10(15)16-11(2,3)4/h5-6H,7H2,1-4H3,(H,14,15). The highest BCUT2D eigenvalue weighted by atomic mass is 16.6. The molecule has 1 rings (SSSR count). The second-order valence-corrected chi connectivity index (χ2v) is 4.53. The molecule has 1 aromatic heterocycles. The molecular formula is C11H17N3O2. The van der Waals surface area contributed by atoms with Crippen LogP contribution in [-0.2, 0) is 11.3 Å². The molecule has 88 valence electrons. The summed E-state index contributed by atoms with van der Waals surface area (Å²) in [5, 5.41) is 2.59. The molecule has 16 heavy (non-hydrogen) atoms. The average molecular weight is 223 g/mol. The third-order valence-corrected chi connectivity index (χ3v) is 1.62. The molecule has 0 aliphatic rings. The molecule has 1 aromatic rings. The van der Waals surface area contributed by atoms with Crippen molar-refractivity contribution in [1.82, 2.24) is 15.3 Å². The van der Waals surface area contributed by atoms with Crippen molar-refractivity contribution in [1.29, 1.82) is 0 Å². The first kappa shape index (κ1) is 12.4. The zero-order valence-electron chi connectivity index (χ0n) is 10.1. The van der Waals surface area contributed by atoms with Crippen molar-refractivity contribution < 1.29 is 9.53 Å². The fraction of sp³-hybridized carbons (Fsp3) is 0.545. The molecule has 0 unspecified atom stereocenters. The molecule has 0 aliphatic heterocycles. The van der Waals surface area contributed by atoms with Gasteiger partial charge in [0.1, 0.15) is 11.4 Å². The smallest absolute Gasteiger partial charge is 0.408 e. The molecular weight excluding hydrogens is 206 g/mol. The van der Waals surface area contributed by atoms with E-state index in [0.29, 0.717) is 5.82 Å². The predicted molar refractivity (Wildman–Crippen MR) is 59.8 cm³/mol. The van der Waals surface area contributed by atoms with E-state index in [-0.39, 0.29) is 6.54 Å². The van der Waals surface area contributed by atoms with Crippen molar-refractivity contribution in [3.05, 3.63) is 23.8 Å². The van der Waals surface area contributed by atoms with Gasteiger partial charge in [0.05, 0.1) is 6.54 Å². The highest BCUT2D eigenvalue weighted by molar-refractivity contribution is 5.67. The molecule has 5 nitrogen and oxygen atoms in total. The van der Waals surface area contributed by atoms with E-state index in [4.69, 9.17) is 4.74 Å². The number of nitrogens with one attached hydrogen (secondary N) is 1. The van der Waals surface area contributed by atoms with Crippen LogP contribution in [0.25, 0.3) is 0 Å². The van der Waals surface area contributed by atoms with E-state index in [1.165, 1.54) is 0 Å². The summed E-state index contributed by atoms with van der Waals surface area (Å²) >= 11 is 0. The van der Waals surface area contributed by atoms with Crippen LogP contribution in [0.5, 0.6) is 0 Å². The minimum atomic E-state index is -0.488. The Hall–Kier alpha value is -1.65. The summed E-state index contributed by atoms with van der Waals surface area (Å²) in [4.78, 5) is 19.4. The number of aryl methyl sites for hydroxylation is 1. The van der Waals surface area contributed by atoms with Crippen molar-refractivity contribution in [3.8, 4) is 0 Å². The Bertz CT molecular complexity index is 354. The number of nitrogens with zero attached hydrogens (tertiary/aromatic N) is 2. The van der Waals surface area contributed by atoms with E-state index < -0.39 is 11.7 Å². The average Bonchev–Trinajstić information content (AvgIpc) is 2.14. The third-order valence-electron chi connectivity index (χ3n) is 1.62. The first-order valence-corrected chi connectivity index (χ1v) is 5.11. The number of rotatable bonds is 2. The maximum absolute atomic E-state index is 11.3. The van der Waals surface area contributed by atoms with Crippen molar-refractivity contribution >= 4 is 6.09 Å². The minimum absolute atomic E-state index is 0.273. The summed E-state index contributed by atoms with van der Waals surface area (Å²) in [5.41, 5.74) is 0.499. The first-order valence-electron chi connectivity index (χ1n) is 5.11. The van der Waals surface area contributed by atoms with Gasteiger partial charge in [-0.25, -0.2) is 14.8 Å². The van der Waals surface area contributed by atoms with Crippen LogP contribution in [0.2, 0.25) is 0 Å². The summed E-state index contributed by atoms with van der Waals surface area (Å²) in [6.07, 6.45) is 2.95. The quantitative estimate of drug-likeness (QED) is 0.830. The summed E-state index contributed by atoms with van der Waals surface area (Å²) < 4.78 is 5.08. The molecule has 0 saturated carbocycles. The molecule has 0 aromatic carbocycles. The van der Waals surface area contributed by atoms with E-state index in [9.17, 15) is 4.79 Å². The normalized spacial score (nSPS) is 11.0. The fourth-order valence-electron chi connectivity index (χ4n) is 0.976. The Morgan fingerprint density at radius 2 is 1.94 bits per heavy atom. The molecule has 1 N–H and O–H groups in total. The molecule has 1 amide bonds. The number of alkyl carbamates (subject to hydrolysis) is 1. The molecule has 0 saturated heterocycles. The largest absolute Gasteiger partial charge is 0.444 e. The summed E-state index contributed by atoms with van der Waals surface area (Å²) in [6, 6.07) is 0. The highest BCUT2D eigenvalue weighted by Gasteiger charge is 2.15. The molecule has 0 spiro atoms. The molecule has 0 bridgehead atoms. The van der Waals surface area contributed by atoms with E-state index in [1.54, 1.807) is 12.4 Å². The minimum Gasteiger partial charge on any atom is -0.444 e. The zero-order valence-corrected chi connectivity index (χ0v) is 10.1. The highest BCUT2D eigenvalue weighted by Crippen LogP contribution is 2.06. The van der Waals surface area contributed by atoms with Gasteiger partial charge >= 0.3 is 6.09 Å². The van der Waals surface area contributed by atoms with Crippen molar-refractivity contribution in [3.63, 3.8) is 0 Å². The number of hydrogen-bond donors (Lipinski definition) is 1. The predicted octanol–water partition coefficient (Wildman–Crippen LogP) is 1.81. The number of hydrogen-bond acceptors (Lipinski definition) is 4. The van der Waals surface area contributed by atoms with Crippen LogP contribution in [0.3, 0.4) is 0 Å². The van der Waals surface area contributed by atoms with Gasteiger partial charge in [0, 0.05) is 12.4 Å². The maximum Gasteiger partial charge on any atom is 0.408 e. The zero-order chi connectivity index (χ0) is 12.2. The second-order valence-electron chi connectivity index (χ2n) is 4.53. The lowest BCUT2D eigenvalue weighted by atomic mass is 10.2. The van der Waals surface area contributed by atoms with Crippen molar-refractivity contribution in [2.24, 2.45) is 0 Å². The molecule has 0 atom stereocenters. The Morgan fingerprint density at radius 3 is 2.44 bits per heavy atom. The van der Waals surface area contributed by atoms with Crippen LogP contribution in [0, 0.1) is 6.92 Å². The molecule has 5 heteroatoms. The van der Waals surface area contributed by atoms with Gasteiger partial charge in [-0.2, -0.15) is 0 Å². The third kappa shape index (κ3) is 4.72. The lowest BCUT2D eigenvalue weighted by Gasteiger charge is -2.19. The van der Waals surface area contributed by atoms with Crippen molar-refractivity contribution in [2.75, 3.05) is 0 Å². The fourth-order valence-corrected chi connectivity index (χ4v) is 0.976. The number of carbonyl (C=O) groups is 1. The topological polar surface area (TPSA) is 64.1 Å². The van der Waals surface area contributed by atoms with Crippen LogP contribution < -0.4 is 5.32 Å². The van der Waals surface area contributed by atoms with Gasteiger partial charge in [-0.1, -0.05) is 0 Å². The summed E-state index contributed by atoms with van der Waals surface area (Å²) in [6.45, 7) is 7.62. The number of aromatic nitrogens is 2. The van der Waals surface area contributed by atoms with Gasteiger partial charge < -0.3 is 10.1 Å². The van der Waals surface area contributed by atoms with E-state index in [2.05, 4.69) is 15.3 Å². The number of carbonyl (C=O) groups excluding carboxylic acids is 1. The SMILES string of the molecule is Cc1cnc(CNC(=O)OC(C)(C)C)nc1. The van der Waals surface area contributed by atoms with Gasteiger partial charge in [-0.15, -0.1) is 0 Å². The van der Waals surface area contributed by atoms with Gasteiger partial charge in [-0.05, 0) is 33.3 Å². The summed E-state index contributed by atoms with van der Waals surface area (Å²) in [5.74, 6) is 0.566. The monoisotopic (exact) mass is 223 g/mol. The number of amides is 1.